The number of H-pyrrole nitrogens is 1. The van der Waals surface area contributed by atoms with Crippen molar-refractivity contribution < 1.29 is 13.2 Å². The van der Waals surface area contributed by atoms with Crippen molar-refractivity contribution in [1.82, 2.24) is 20.2 Å². The largest absolute Gasteiger partial charge is 0.345 e. The molecule has 11 heteroatoms. The number of amides is 1. The Morgan fingerprint density at radius 3 is 2.58 bits per heavy atom. The standard InChI is InChI=1S/C13H12N6O3S2/c1-8(20)16-12-17-18-13(23-12)24(21,22)19-10-4-2-9(3-5-10)11-6-14-7-15-11/h2-7,19H,1H3,(H,14,15)(H,16,17,20). The summed E-state index contributed by atoms with van der Waals surface area (Å²) >= 11 is 0.771. The van der Waals surface area contributed by atoms with Crippen molar-refractivity contribution in [1.29, 1.82) is 0 Å². The van der Waals surface area contributed by atoms with E-state index in [1.54, 1.807) is 36.8 Å². The normalized spacial score (nSPS) is 11.2. The lowest BCUT2D eigenvalue weighted by atomic mass is 10.1. The molecule has 3 N–H and O–H groups in total. The highest BCUT2D eigenvalue weighted by Gasteiger charge is 2.20. The molecule has 3 aromatic rings. The topological polar surface area (TPSA) is 130 Å². The minimum atomic E-state index is -3.87. The molecule has 0 saturated heterocycles. The van der Waals surface area contributed by atoms with Crippen LogP contribution >= 0.6 is 11.3 Å². The molecule has 24 heavy (non-hydrogen) atoms. The molecule has 0 saturated carbocycles. The van der Waals surface area contributed by atoms with Crippen LogP contribution in [0.4, 0.5) is 10.8 Å². The molecule has 0 spiro atoms. The number of sulfonamides is 1. The van der Waals surface area contributed by atoms with Gasteiger partial charge in [0.25, 0.3) is 14.4 Å². The molecule has 0 atom stereocenters. The lowest BCUT2D eigenvalue weighted by molar-refractivity contribution is -0.114. The molecule has 0 unspecified atom stereocenters. The molecule has 0 aliphatic carbocycles. The fourth-order valence-corrected chi connectivity index (χ4v) is 3.86. The van der Waals surface area contributed by atoms with Crippen LogP contribution in [0.5, 0.6) is 0 Å². The van der Waals surface area contributed by atoms with Gasteiger partial charge >= 0.3 is 0 Å². The number of hydrogen-bond donors (Lipinski definition) is 3. The lowest BCUT2D eigenvalue weighted by Crippen LogP contribution is -2.12. The summed E-state index contributed by atoms with van der Waals surface area (Å²) < 4.78 is 26.7. The summed E-state index contributed by atoms with van der Waals surface area (Å²) in [6.45, 7) is 1.30. The van der Waals surface area contributed by atoms with E-state index in [1.807, 2.05) is 0 Å². The van der Waals surface area contributed by atoms with Crippen molar-refractivity contribution >= 4 is 38.1 Å². The third kappa shape index (κ3) is 3.58. The van der Waals surface area contributed by atoms with E-state index in [9.17, 15) is 13.2 Å². The third-order valence-electron chi connectivity index (χ3n) is 2.87. The summed E-state index contributed by atoms with van der Waals surface area (Å²) in [6, 6.07) is 6.77. The van der Waals surface area contributed by atoms with Crippen LogP contribution in [-0.4, -0.2) is 34.5 Å². The Balaban J connectivity index is 1.76. The maximum absolute atomic E-state index is 12.3. The highest BCUT2D eigenvalue weighted by atomic mass is 32.2. The SMILES string of the molecule is CC(=O)Nc1nnc(S(=O)(=O)Nc2ccc(-c3cnc[nH]3)cc2)s1. The van der Waals surface area contributed by atoms with Gasteiger partial charge in [-0.15, -0.1) is 10.2 Å². The summed E-state index contributed by atoms with van der Waals surface area (Å²) in [5.74, 6) is -0.350. The van der Waals surface area contributed by atoms with Crippen LogP contribution in [0.2, 0.25) is 0 Å². The van der Waals surface area contributed by atoms with Gasteiger partial charge in [-0.3, -0.25) is 9.52 Å². The van der Waals surface area contributed by atoms with E-state index in [0.717, 1.165) is 22.6 Å². The van der Waals surface area contributed by atoms with Crippen molar-refractivity contribution in [3.63, 3.8) is 0 Å². The fraction of sp³-hybridized carbons (Fsp3) is 0.0769. The number of aromatic amines is 1. The van der Waals surface area contributed by atoms with E-state index < -0.39 is 10.0 Å². The molecule has 0 aliphatic heterocycles. The quantitative estimate of drug-likeness (QED) is 0.591. The van der Waals surface area contributed by atoms with Gasteiger partial charge in [-0.2, -0.15) is 8.42 Å². The predicted octanol–water partition coefficient (Wildman–Crippen LogP) is 1.69. The Kier molecular flexibility index (Phi) is 4.27. The fourth-order valence-electron chi connectivity index (χ4n) is 1.85. The second-order valence-electron chi connectivity index (χ2n) is 4.70. The van der Waals surface area contributed by atoms with Gasteiger partial charge in [0, 0.05) is 12.6 Å². The Labute approximate surface area is 141 Å². The number of carbonyl (C=O) groups is 1. The Hall–Kier alpha value is -2.79. The third-order valence-corrected chi connectivity index (χ3v) is 5.45. The second kappa shape index (κ2) is 6.37. The first-order valence-electron chi connectivity index (χ1n) is 6.67. The Bertz CT molecular complexity index is 948. The molecular formula is C13H12N6O3S2. The molecule has 2 aromatic heterocycles. The average molecular weight is 364 g/mol. The van der Waals surface area contributed by atoms with Crippen molar-refractivity contribution in [3.05, 3.63) is 36.8 Å². The van der Waals surface area contributed by atoms with Crippen LogP contribution in [0.25, 0.3) is 11.3 Å². The van der Waals surface area contributed by atoms with Gasteiger partial charge in [-0.05, 0) is 17.7 Å². The van der Waals surface area contributed by atoms with E-state index in [-0.39, 0.29) is 15.4 Å². The van der Waals surface area contributed by atoms with E-state index in [1.165, 1.54) is 6.92 Å². The number of aromatic nitrogens is 4. The highest BCUT2D eigenvalue weighted by molar-refractivity contribution is 7.94. The van der Waals surface area contributed by atoms with Crippen molar-refractivity contribution in [2.24, 2.45) is 0 Å². The smallest absolute Gasteiger partial charge is 0.291 e. The van der Waals surface area contributed by atoms with Crippen LogP contribution in [0.3, 0.4) is 0 Å². The molecule has 3 rings (SSSR count). The summed E-state index contributed by atoms with van der Waals surface area (Å²) in [5.41, 5.74) is 2.09. The van der Waals surface area contributed by atoms with E-state index in [4.69, 9.17) is 0 Å². The van der Waals surface area contributed by atoms with Crippen molar-refractivity contribution in [2.75, 3.05) is 10.0 Å². The van der Waals surface area contributed by atoms with E-state index in [0.29, 0.717) is 5.69 Å². The number of carbonyl (C=O) groups excluding carboxylic acids is 1. The van der Waals surface area contributed by atoms with Gasteiger partial charge in [-0.25, -0.2) is 4.98 Å². The summed E-state index contributed by atoms with van der Waals surface area (Å²) in [5, 5.41) is 9.72. The Morgan fingerprint density at radius 1 is 1.21 bits per heavy atom. The number of rotatable bonds is 5. The molecule has 2 heterocycles. The number of benzene rings is 1. The first-order valence-corrected chi connectivity index (χ1v) is 8.97. The van der Waals surface area contributed by atoms with Gasteiger partial charge in [-0.1, -0.05) is 23.5 Å². The summed E-state index contributed by atoms with van der Waals surface area (Å²) in [4.78, 5) is 17.8. The predicted molar refractivity (Wildman–Crippen MR) is 89.0 cm³/mol. The summed E-state index contributed by atoms with van der Waals surface area (Å²) in [7, 11) is -3.87. The highest BCUT2D eigenvalue weighted by Crippen LogP contribution is 2.24. The second-order valence-corrected chi connectivity index (χ2v) is 7.54. The molecule has 1 amide bonds. The molecule has 0 aliphatic rings. The minimum absolute atomic E-state index is 0.123. The monoisotopic (exact) mass is 364 g/mol. The Morgan fingerprint density at radius 2 is 1.96 bits per heavy atom. The van der Waals surface area contributed by atoms with E-state index in [2.05, 4.69) is 30.2 Å². The number of anilines is 2. The minimum Gasteiger partial charge on any atom is -0.345 e. The number of nitrogens with one attached hydrogen (secondary N) is 3. The molecule has 0 bridgehead atoms. The van der Waals surface area contributed by atoms with Gasteiger partial charge in [0.05, 0.1) is 18.2 Å². The van der Waals surface area contributed by atoms with Gasteiger partial charge in [0.2, 0.25) is 11.0 Å². The van der Waals surface area contributed by atoms with Crippen molar-refractivity contribution in [2.45, 2.75) is 11.3 Å². The molecular weight excluding hydrogens is 352 g/mol. The van der Waals surface area contributed by atoms with Gasteiger partial charge in [0.1, 0.15) is 0 Å². The molecule has 0 fully saturated rings. The van der Waals surface area contributed by atoms with Gasteiger partial charge in [0.15, 0.2) is 0 Å². The molecule has 124 valence electrons. The first kappa shape index (κ1) is 16.1. The molecule has 9 nitrogen and oxygen atoms in total. The zero-order valence-corrected chi connectivity index (χ0v) is 14.0. The van der Waals surface area contributed by atoms with E-state index >= 15 is 0 Å². The number of hydrogen-bond acceptors (Lipinski definition) is 7. The van der Waals surface area contributed by atoms with Crippen LogP contribution in [0, 0.1) is 0 Å². The van der Waals surface area contributed by atoms with Crippen molar-refractivity contribution in [3.8, 4) is 11.3 Å². The van der Waals surface area contributed by atoms with Crippen LogP contribution in [-0.2, 0) is 14.8 Å². The first-order chi connectivity index (χ1) is 11.4. The average Bonchev–Trinajstić information content (AvgIpc) is 3.18. The van der Waals surface area contributed by atoms with Crippen LogP contribution in [0.15, 0.2) is 41.1 Å². The molecule has 1 aromatic carbocycles. The van der Waals surface area contributed by atoms with Crippen LogP contribution < -0.4 is 10.0 Å². The lowest BCUT2D eigenvalue weighted by Gasteiger charge is -2.05. The maximum Gasteiger partial charge on any atom is 0.291 e. The summed E-state index contributed by atoms with van der Waals surface area (Å²) in [6.07, 6.45) is 3.23. The zero-order chi connectivity index (χ0) is 17.2. The molecule has 0 radical (unpaired) electrons. The zero-order valence-electron chi connectivity index (χ0n) is 12.3. The number of imidazole rings is 1. The van der Waals surface area contributed by atoms with Gasteiger partial charge < -0.3 is 10.3 Å². The number of nitrogens with zero attached hydrogens (tertiary/aromatic N) is 3. The van der Waals surface area contributed by atoms with Crippen LogP contribution in [0.1, 0.15) is 6.92 Å². The maximum atomic E-state index is 12.3.